The molecule has 0 saturated carbocycles. The molecule has 23 heavy (non-hydrogen) atoms. The molecule has 0 aliphatic rings. The third-order valence-corrected chi connectivity index (χ3v) is 3.75. The Hall–Kier alpha value is -2.03. The van der Waals surface area contributed by atoms with E-state index >= 15 is 0 Å². The Kier molecular flexibility index (Phi) is 5.64. The summed E-state index contributed by atoms with van der Waals surface area (Å²) in [5, 5.41) is 6.81. The van der Waals surface area contributed by atoms with Crippen LogP contribution in [0.4, 0.5) is 14.6 Å². The summed E-state index contributed by atoms with van der Waals surface area (Å²) >= 11 is 0.319. The number of carbonyl (C=O) groups is 1. The second kappa shape index (κ2) is 7.49. The van der Waals surface area contributed by atoms with E-state index in [1.165, 1.54) is 0 Å². The van der Waals surface area contributed by atoms with Crippen LogP contribution in [0.5, 0.6) is 0 Å². The van der Waals surface area contributed by atoms with Crippen molar-refractivity contribution in [1.29, 1.82) is 0 Å². The third kappa shape index (κ3) is 4.98. The van der Waals surface area contributed by atoms with Crippen LogP contribution in [0.2, 0.25) is 0 Å². The first-order valence-corrected chi connectivity index (χ1v) is 7.81. The van der Waals surface area contributed by atoms with Crippen LogP contribution in [-0.4, -0.2) is 31.4 Å². The van der Waals surface area contributed by atoms with Crippen LogP contribution >= 0.6 is 11.8 Å². The average molecular weight is 341 g/mol. The minimum atomic E-state index is -2.55. The summed E-state index contributed by atoms with van der Waals surface area (Å²) in [5.41, 5.74) is 2.04. The number of thioether (sulfide) groups is 1. The number of nitrogens with zero attached hydrogens (tertiary/aromatic N) is 4. The van der Waals surface area contributed by atoms with Gasteiger partial charge in [0.1, 0.15) is 0 Å². The molecule has 0 bridgehead atoms. The molecular weight excluding hydrogens is 324 g/mol. The van der Waals surface area contributed by atoms with E-state index in [1.54, 1.807) is 37.8 Å². The van der Waals surface area contributed by atoms with E-state index in [0.29, 0.717) is 35.4 Å². The quantitative estimate of drug-likeness (QED) is 0.646. The average Bonchev–Trinajstić information content (AvgIpc) is 2.82. The van der Waals surface area contributed by atoms with Gasteiger partial charge in [0.05, 0.1) is 0 Å². The fraction of sp³-hybridized carbons (Fsp3) is 0.429. The molecule has 6 nitrogen and oxygen atoms in total. The minimum absolute atomic E-state index is 0.0525. The van der Waals surface area contributed by atoms with Gasteiger partial charge in [-0.3, -0.25) is 9.48 Å². The van der Waals surface area contributed by atoms with Gasteiger partial charge >= 0.3 is 0 Å². The predicted octanol–water partition coefficient (Wildman–Crippen LogP) is 2.71. The van der Waals surface area contributed by atoms with Crippen molar-refractivity contribution >= 4 is 23.5 Å². The summed E-state index contributed by atoms with van der Waals surface area (Å²) in [6.07, 6.45) is 2.41. The Balaban J connectivity index is 1.98. The highest BCUT2D eigenvalue weighted by molar-refractivity contribution is 7.99. The van der Waals surface area contributed by atoms with Gasteiger partial charge in [-0.15, -0.1) is 0 Å². The first-order chi connectivity index (χ1) is 10.8. The molecule has 0 atom stereocenters. The second-order valence-electron chi connectivity index (χ2n) is 4.96. The lowest BCUT2D eigenvalue weighted by Gasteiger charge is -2.10. The summed E-state index contributed by atoms with van der Waals surface area (Å²) in [4.78, 5) is 20.1. The number of aryl methyl sites for hydroxylation is 3. The molecule has 9 heteroatoms. The van der Waals surface area contributed by atoms with Crippen molar-refractivity contribution in [3.63, 3.8) is 0 Å². The van der Waals surface area contributed by atoms with Crippen LogP contribution in [-0.2, 0) is 18.3 Å². The molecule has 1 amide bonds. The molecule has 1 N–H and O–H groups in total. The summed E-state index contributed by atoms with van der Waals surface area (Å²) in [5.74, 6) is -2.23. The van der Waals surface area contributed by atoms with E-state index < -0.39 is 5.76 Å². The Morgan fingerprint density at radius 1 is 1.35 bits per heavy atom. The van der Waals surface area contributed by atoms with Crippen molar-refractivity contribution in [2.45, 2.75) is 37.6 Å². The van der Waals surface area contributed by atoms with Crippen LogP contribution in [0.15, 0.2) is 17.4 Å². The van der Waals surface area contributed by atoms with E-state index in [1.807, 2.05) is 0 Å². The fourth-order valence-corrected chi connectivity index (χ4v) is 2.67. The van der Waals surface area contributed by atoms with Gasteiger partial charge in [-0.2, -0.15) is 13.9 Å². The SMILES string of the molecule is Cc1nc(SC(F)F)nc(C)c1CCC(=O)Nc1ccn(C)n1. The zero-order valence-electron chi connectivity index (χ0n) is 13.0. The number of alkyl halides is 2. The van der Waals surface area contributed by atoms with E-state index in [4.69, 9.17) is 0 Å². The molecule has 0 aliphatic heterocycles. The van der Waals surface area contributed by atoms with Crippen LogP contribution in [0.1, 0.15) is 23.4 Å². The maximum Gasteiger partial charge on any atom is 0.291 e. The Bertz CT molecular complexity index is 681. The maximum absolute atomic E-state index is 12.4. The molecule has 0 spiro atoms. The molecule has 2 heterocycles. The summed E-state index contributed by atoms with van der Waals surface area (Å²) < 4.78 is 26.3. The highest BCUT2D eigenvalue weighted by Crippen LogP contribution is 2.24. The zero-order valence-corrected chi connectivity index (χ0v) is 13.8. The lowest BCUT2D eigenvalue weighted by molar-refractivity contribution is -0.116. The molecule has 0 radical (unpaired) electrons. The van der Waals surface area contributed by atoms with Crippen molar-refractivity contribution in [1.82, 2.24) is 19.7 Å². The van der Waals surface area contributed by atoms with Crippen LogP contribution in [0, 0.1) is 13.8 Å². The number of hydrogen-bond donors (Lipinski definition) is 1. The molecule has 0 saturated heterocycles. The van der Waals surface area contributed by atoms with Gasteiger partial charge in [0.15, 0.2) is 11.0 Å². The van der Waals surface area contributed by atoms with Gasteiger partial charge < -0.3 is 5.32 Å². The molecule has 0 aromatic carbocycles. The number of nitrogens with one attached hydrogen (secondary N) is 1. The van der Waals surface area contributed by atoms with E-state index in [-0.39, 0.29) is 17.5 Å². The Morgan fingerprint density at radius 2 is 2.00 bits per heavy atom. The van der Waals surface area contributed by atoms with Crippen molar-refractivity contribution in [2.24, 2.45) is 7.05 Å². The van der Waals surface area contributed by atoms with Crippen LogP contribution in [0.3, 0.4) is 0 Å². The number of hydrogen-bond acceptors (Lipinski definition) is 5. The first kappa shape index (κ1) is 17.3. The molecule has 124 valence electrons. The van der Waals surface area contributed by atoms with Crippen molar-refractivity contribution in [2.75, 3.05) is 5.32 Å². The van der Waals surface area contributed by atoms with E-state index in [2.05, 4.69) is 20.4 Å². The number of anilines is 1. The molecular formula is C14H17F2N5OS. The fourth-order valence-electron chi connectivity index (χ4n) is 2.13. The van der Waals surface area contributed by atoms with Crippen LogP contribution < -0.4 is 5.32 Å². The predicted molar refractivity (Wildman–Crippen MR) is 83.5 cm³/mol. The van der Waals surface area contributed by atoms with Crippen LogP contribution in [0.25, 0.3) is 0 Å². The maximum atomic E-state index is 12.4. The Labute approximate surface area is 136 Å². The number of rotatable bonds is 6. The standard InChI is InChI=1S/C14H17F2N5OS/c1-8-10(9(2)18-14(17-8)23-13(15)16)4-5-12(22)19-11-6-7-21(3)20-11/h6-7,13H,4-5H2,1-3H3,(H,19,20,22). The second-order valence-corrected chi connectivity index (χ2v) is 5.91. The number of halogens is 2. The van der Waals surface area contributed by atoms with Crippen molar-refractivity contribution in [3.05, 3.63) is 29.2 Å². The minimum Gasteiger partial charge on any atom is -0.309 e. The summed E-state index contributed by atoms with van der Waals surface area (Å²) in [6, 6.07) is 1.70. The van der Waals surface area contributed by atoms with Gasteiger partial charge in [-0.25, -0.2) is 9.97 Å². The molecule has 2 aromatic rings. The number of carbonyl (C=O) groups excluding carboxylic acids is 1. The normalized spacial score (nSPS) is 11.0. The Morgan fingerprint density at radius 3 is 2.52 bits per heavy atom. The summed E-state index contributed by atoms with van der Waals surface area (Å²) in [6.45, 7) is 3.46. The van der Waals surface area contributed by atoms with Crippen molar-refractivity contribution < 1.29 is 13.6 Å². The number of aromatic nitrogens is 4. The third-order valence-electron chi connectivity index (χ3n) is 3.18. The first-order valence-electron chi connectivity index (χ1n) is 6.93. The highest BCUT2D eigenvalue weighted by Gasteiger charge is 2.14. The summed E-state index contributed by atoms with van der Waals surface area (Å²) in [7, 11) is 1.76. The van der Waals surface area contributed by atoms with E-state index in [0.717, 1.165) is 5.56 Å². The largest absolute Gasteiger partial charge is 0.309 e. The molecule has 2 aromatic heterocycles. The molecule has 0 aliphatic carbocycles. The number of amides is 1. The van der Waals surface area contributed by atoms with Gasteiger partial charge in [-0.05, 0) is 37.6 Å². The topological polar surface area (TPSA) is 72.7 Å². The molecule has 2 rings (SSSR count). The van der Waals surface area contributed by atoms with Gasteiger partial charge in [0, 0.05) is 37.1 Å². The van der Waals surface area contributed by atoms with Gasteiger partial charge in [0.25, 0.3) is 5.76 Å². The lowest BCUT2D eigenvalue weighted by Crippen LogP contribution is -2.14. The molecule has 0 unspecified atom stereocenters. The molecule has 0 fully saturated rings. The highest BCUT2D eigenvalue weighted by atomic mass is 32.2. The monoisotopic (exact) mass is 341 g/mol. The van der Waals surface area contributed by atoms with Crippen molar-refractivity contribution in [3.8, 4) is 0 Å². The van der Waals surface area contributed by atoms with Gasteiger partial charge in [0.2, 0.25) is 5.91 Å². The smallest absolute Gasteiger partial charge is 0.291 e. The lowest BCUT2D eigenvalue weighted by atomic mass is 10.1. The zero-order chi connectivity index (χ0) is 17.0. The van der Waals surface area contributed by atoms with E-state index in [9.17, 15) is 13.6 Å². The van der Waals surface area contributed by atoms with Gasteiger partial charge in [-0.1, -0.05) is 0 Å².